The fraction of sp³-hybridized carbons (Fsp3) is 0.200. The third-order valence-electron chi connectivity index (χ3n) is 7.54. The highest BCUT2D eigenvalue weighted by Gasteiger charge is 2.48. The molecule has 0 spiro atoms. The van der Waals surface area contributed by atoms with Crippen molar-refractivity contribution in [2.24, 2.45) is 0 Å². The van der Waals surface area contributed by atoms with Gasteiger partial charge in [0.2, 0.25) is 0 Å². The third kappa shape index (κ3) is 6.10. The van der Waals surface area contributed by atoms with Crippen LogP contribution in [0.25, 0.3) is 16.6 Å². The number of aliphatic hydroxyl groups is 1. The van der Waals surface area contributed by atoms with Gasteiger partial charge >= 0.3 is 5.97 Å². The highest BCUT2D eigenvalue weighted by atomic mass is 32.1. The van der Waals surface area contributed by atoms with Crippen LogP contribution < -0.4 is 9.47 Å². The maximum Gasteiger partial charge on any atom is 0.342 e. The van der Waals surface area contributed by atoms with E-state index >= 15 is 0 Å². The average Bonchev–Trinajstić information content (AvgIpc) is 3.59. The van der Waals surface area contributed by atoms with E-state index in [4.69, 9.17) is 14.2 Å². The molecule has 2 heterocycles. The van der Waals surface area contributed by atoms with Gasteiger partial charge in [0.25, 0.3) is 5.79 Å². The lowest BCUT2D eigenvalue weighted by Crippen LogP contribution is -2.29. The van der Waals surface area contributed by atoms with Crippen LogP contribution in [0.15, 0.2) is 84.4 Å². The second-order valence-corrected chi connectivity index (χ2v) is 11.1. The number of benzene rings is 4. The van der Waals surface area contributed by atoms with E-state index < -0.39 is 11.8 Å². The first-order chi connectivity index (χ1) is 21.2. The fourth-order valence-corrected chi connectivity index (χ4v) is 5.74. The summed E-state index contributed by atoms with van der Waals surface area (Å²) in [5.41, 5.74) is 8.06. The molecule has 9 heteroatoms. The zero-order chi connectivity index (χ0) is 31.4. The van der Waals surface area contributed by atoms with E-state index in [9.17, 15) is 14.7 Å². The lowest BCUT2D eigenvalue weighted by molar-refractivity contribution is -0.185. The molecule has 1 aromatic heterocycles. The highest BCUT2D eigenvalue weighted by Crippen LogP contribution is 2.45. The number of aldehydes is 1. The standard InChI is InChI=1S/C26H22N2O4S.C9H10O2/c1-15-4-8-19(9-5-15)26(30)20(13-17-6-11-23(31-3)16(2)12-17)24(25(29)32-26)18-7-10-21-22(14-18)28-33-27-21;1-7-5-8(6-10)3-4-9(7)11-2/h4-12,14,30H,13H2,1-3H3;3-6H,1-2H3. The van der Waals surface area contributed by atoms with Gasteiger partial charge in [0.15, 0.2) is 0 Å². The van der Waals surface area contributed by atoms with Gasteiger partial charge in [-0.25, -0.2) is 4.79 Å². The molecular weight excluding hydrogens is 576 g/mol. The van der Waals surface area contributed by atoms with Crippen molar-refractivity contribution in [1.29, 1.82) is 0 Å². The van der Waals surface area contributed by atoms with Crippen molar-refractivity contribution in [2.45, 2.75) is 33.0 Å². The molecule has 1 aliphatic rings. The fourth-order valence-electron chi connectivity index (χ4n) is 5.22. The van der Waals surface area contributed by atoms with Crippen molar-refractivity contribution in [3.63, 3.8) is 0 Å². The topological polar surface area (TPSA) is 108 Å². The molecule has 1 aliphatic heterocycles. The van der Waals surface area contributed by atoms with Gasteiger partial charge in [-0.05, 0) is 79.4 Å². The molecule has 6 rings (SSSR count). The predicted molar refractivity (Wildman–Crippen MR) is 170 cm³/mol. The molecule has 0 saturated heterocycles. The first-order valence-corrected chi connectivity index (χ1v) is 14.6. The molecule has 8 nitrogen and oxygen atoms in total. The Morgan fingerprint density at radius 1 is 0.841 bits per heavy atom. The summed E-state index contributed by atoms with van der Waals surface area (Å²) in [6.07, 6.45) is 1.15. The second kappa shape index (κ2) is 12.8. The molecule has 44 heavy (non-hydrogen) atoms. The van der Waals surface area contributed by atoms with Crippen molar-refractivity contribution in [1.82, 2.24) is 8.75 Å². The van der Waals surface area contributed by atoms with Gasteiger partial charge in [0.05, 0.1) is 31.5 Å². The van der Waals surface area contributed by atoms with Gasteiger partial charge in [-0.1, -0.05) is 48.0 Å². The molecule has 1 unspecified atom stereocenters. The Morgan fingerprint density at radius 3 is 2.14 bits per heavy atom. The lowest BCUT2D eigenvalue weighted by Gasteiger charge is -2.26. The summed E-state index contributed by atoms with van der Waals surface area (Å²) in [5, 5.41) is 11.8. The Hall–Kier alpha value is -4.86. The number of hydrogen-bond acceptors (Lipinski definition) is 9. The number of ether oxygens (including phenoxy) is 3. The Labute approximate surface area is 259 Å². The number of methoxy groups -OCH3 is 2. The molecule has 1 atom stereocenters. The number of fused-ring (bicyclic) bond motifs is 1. The SMILES string of the molecule is COc1ccc(C=O)cc1C.COc1ccc(CC2=C(c3ccc4nsnc4c3)C(=O)OC2(O)c2ccc(C)cc2)cc1C. The van der Waals surface area contributed by atoms with Crippen molar-refractivity contribution >= 4 is 40.6 Å². The van der Waals surface area contributed by atoms with Gasteiger partial charge in [-0.2, -0.15) is 8.75 Å². The molecule has 0 radical (unpaired) electrons. The number of hydrogen-bond donors (Lipinski definition) is 1. The van der Waals surface area contributed by atoms with Crippen molar-refractivity contribution in [2.75, 3.05) is 14.2 Å². The van der Waals surface area contributed by atoms with Crippen LogP contribution in [0.5, 0.6) is 11.5 Å². The molecular formula is C35H32N2O6S. The number of aryl methyl sites for hydroxylation is 3. The third-order valence-corrected chi connectivity index (χ3v) is 8.09. The van der Waals surface area contributed by atoms with Crippen molar-refractivity contribution < 1.29 is 28.9 Å². The minimum atomic E-state index is -1.87. The summed E-state index contributed by atoms with van der Waals surface area (Å²) in [5.74, 6) is -0.845. The van der Waals surface area contributed by atoms with Crippen LogP contribution in [-0.2, 0) is 21.7 Å². The number of nitrogens with zero attached hydrogens (tertiary/aromatic N) is 2. The summed E-state index contributed by atoms with van der Waals surface area (Å²) < 4.78 is 24.6. The Balaban J connectivity index is 0.000000296. The van der Waals surface area contributed by atoms with Gasteiger partial charge in [0, 0.05) is 23.1 Å². The number of cyclic esters (lactones) is 1. The van der Waals surface area contributed by atoms with Crippen molar-refractivity contribution in [3.05, 3.63) is 123 Å². The molecule has 5 aromatic rings. The van der Waals surface area contributed by atoms with E-state index in [2.05, 4.69) is 8.75 Å². The van der Waals surface area contributed by atoms with E-state index in [1.54, 1.807) is 44.6 Å². The van der Waals surface area contributed by atoms with E-state index in [1.807, 2.05) is 69.3 Å². The molecule has 0 bridgehead atoms. The molecule has 224 valence electrons. The normalized spacial score (nSPS) is 15.9. The average molecular weight is 609 g/mol. The molecule has 0 aliphatic carbocycles. The molecule has 4 aromatic carbocycles. The highest BCUT2D eigenvalue weighted by molar-refractivity contribution is 7.00. The maximum absolute atomic E-state index is 13.2. The van der Waals surface area contributed by atoms with Crippen LogP contribution in [0.4, 0.5) is 0 Å². The van der Waals surface area contributed by atoms with E-state index in [0.29, 0.717) is 39.8 Å². The zero-order valence-corrected chi connectivity index (χ0v) is 25.9. The Bertz CT molecular complexity index is 1880. The molecule has 0 amide bonds. The molecule has 1 N–H and O–H groups in total. The number of carbonyl (C=O) groups excluding carboxylic acids is 2. The quantitative estimate of drug-likeness (QED) is 0.164. The minimum absolute atomic E-state index is 0.323. The summed E-state index contributed by atoms with van der Waals surface area (Å²) in [6, 6.07) is 24.0. The first kappa shape index (κ1) is 30.6. The van der Waals surface area contributed by atoms with Crippen LogP contribution in [0.3, 0.4) is 0 Å². The van der Waals surface area contributed by atoms with Crippen LogP contribution in [-0.4, -0.2) is 40.3 Å². The van der Waals surface area contributed by atoms with E-state index in [1.165, 1.54) is 0 Å². The van der Waals surface area contributed by atoms with E-state index in [-0.39, 0.29) is 0 Å². The van der Waals surface area contributed by atoms with Crippen LogP contribution in [0.1, 0.15) is 43.7 Å². The molecule has 0 fully saturated rings. The second-order valence-electron chi connectivity index (χ2n) is 10.5. The summed E-state index contributed by atoms with van der Waals surface area (Å²) in [7, 11) is 3.24. The predicted octanol–water partition coefficient (Wildman–Crippen LogP) is 6.53. The molecule has 0 saturated carbocycles. The summed E-state index contributed by atoms with van der Waals surface area (Å²) in [4.78, 5) is 23.5. The smallest absolute Gasteiger partial charge is 0.342 e. The largest absolute Gasteiger partial charge is 0.496 e. The maximum atomic E-state index is 13.2. The van der Waals surface area contributed by atoms with E-state index in [0.717, 1.165) is 57.3 Å². The Kier molecular flexibility index (Phi) is 8.89. The summed E-state index contributed by atoms with van der Waals surface area (Å²) in [6.45, 7) is 5.84. The lowest BCUT2D eigenvalue weighted by atomic mass is 9.87. The monoisotopic (exact) mass is 608 g/mol. The first-order valence-electron chi connectivity index (χ1n) is 13.9. The number of esters is 1. The van der Waals surface area contributed by atoms with Gasteiger partial charge in [-0.15, -0.1) is 0 Å². The van der Waals surface area contributed by atoms with Gasteiger partial charge in [0.1, 0.15) is 28.8 Å². The van der Waals surface area contributed by atoms with Gasteiger partial charge < -0.3 is 19.3 Å². The number of carbonyl (C=O) groups is 2. The summed E-state index contributed by atoms with van der Waals surface area (Å²) >= 11 is 1.12. The van der Waals surface area contributed by atoms with Gasteiger partial charge in [-0.3, -0.25) is 4.79 Å². The van der Waals surface area contributed by atoms with Crippen LogP contribution in [0, 0.1) is 20.8 Å². The van der Waals surface area contributed by atoms with Crippen LogP contribution >= 0.6 is 11.7 Å². The minimum Gasteiger partial charge on any atom is -0.496 e. The van der Waals surface area contributed by atoms with Crippen LogP contribution in [0.2, 0.25) is 0 Å². The number of rotatable bonds is 7. The number of aromatic nitrogens is 2. The van der Waals surface area contributed by atoms with Crippen molar-refractivity contribution in [3.8, 4) is 11.5 Å². The zero-order valence-electron chi connectivity index (χ0n) is 25.1. The Morgan fingerprint density at radius 2 is 1.50 bits per heavy atom.